The zero-order valence-electron chi connectivity index (χ0n) is 14.5. The number of allylic oxidation sites excluding steroid dienone is 3. The topological polar surface area (TPSA) is 53.1 Å². The predicted molar refractivity (Wildman–Crippen MR) is 99.1 cm³/mol. The van der Waals surface area contributed by atoms with E-state index in [0.717, 1.165) is 54.9 Å². The van der Waals surface area contributed by atoms with E-state index in [0.29, 0.717) is 0 Å². The first kappa shape index (κ1) is 16.6. The minimum absolute atomic E-state index is 0.0145. The number of aromatic amines is 1. The van der Waals surface area contributed by atoms with Crippen molar-refractivity contribution in [3.63, 3.8) is 0 Å². The van der Waals surface area contributed by atoms with Crippen LogP contribution in [-0.4, -0.2) is 34.2 Å². The van der Waals surface area contributed by atoms with Crippen LogP contribution < -0.4 is 11.0 Å². The van der Waals surface area contributed by atoms with Gasteiger partial charge in [0.05, 0.1) is 17.7 Å². The number of likely N-dealkylation sites (tertiary alicyclic amines) is 1. The molecular formula is C19H26N4O. The Hall–Kier alpha value is -2.27. The lowest BCUT2D eigenvalue weighted by molar-refractivity contribution is 0.180. The Morgan fingerprint density at radius 2 is 2.17 bits per heavy atom. The van der Waals surface area contributed by atoms with Crippen LogP contribution in [0.2, 0.25) is 0 Å². The monoisotopic (exact) mass is 326 g/mol. The first-order valence-corrected chi connectivity index (χ1v) is 8.55. The number of nitrogens with one attached hydrogen (secondary N) is 2. The average Bonchev–Trinajstić information content (AvgIpc) is 2.91. The average molecular weight is 326 g/mol. The number of hydrogen-bond donors (Lipinski definition) is 2. The van der Waals surface area contributed by atoms with Gasteiger partial charge in [0.1, 0.15) is 0 Å². The fourth-order valence-corrected chi connectivity index (χ4v) is 3.51. The summed E-state index contributed by atoms with van der Waals surface area (Å²) in [5.41, 5.74) is 4.29. The van der Waals surface area contributed by atoms with Gasteiger partial charge in [-0.3, -0.25) is 9.47 Å². The van der Waals surface area contributed by atoms with Crippen molar-refractivity contribution < 1.29 is 0 Å². The summed E-state index contributed by atoms with van der Waals surface area (Å²) in [7, 11) is 0. The molecule has 1 saturated heterocycles. The van der Waals surface area contributed by atoms with E-state index in [1.807, 2.05) is 29.7 Å². The van der Waals surface area contributed by atoms with Crippen LogP contribution in [0.3, 0.4) is 0 Å². The Morgan fingerprint density at radius 1 is 1.42 bits per heavy atom. The van der Waals surface area contributed by atoms with E-state index in [1.165, 1.54) is 0 Å². The highest BCUT2D eigenvalue weighted by Gasteiger charge is 2.23. The first-order chi connectivity index (χ1) is 11.6. The summed E-state index contributed by atoms with van der Waals surface area (Å²) < 4.78 is 1.97. The second-order valence-corrected chi connectivity index (χ2v) is 6.54. The molecule has 0 spiro atoms. The van der Waals surface area contributed by atoms with Crippen LogP contribution >= 0.6 is 0 Å². The normalized spacial score (nSPS) is 17.3. The van der Waals surface area contributed by atoms with Crippen molar-refractivity contribution in [2.75, 3.05) is 19.8 Å². The lowest BCUT2D eigenvalue weighted by Gasteiger charge is -2.33. The maximum atomic E-state index is 12.4. The molecule has 2 aromatic rings. The molecule has 5 nitrogen and oxygen atoms in total. The molecule has 128 valence electrons. The summed E-state index contributed by atoms with van der Waals surface area (Å²) >= 11 is 0. The molecule has 1 aliphatic heterocycles. The Morgan fingerprint density at radius 3 is 2.88 bits per heavy atom. The number of benzene rings is 1. The van der Waals surface area contributed by atoms with Crippen LogP contribution in [0.4, 0.5) is 0 Å². The smallest absolute Gasteiger partial charge is 0.326 e. The lowest BCUT2D eigenvalue weighted by Crippen LogP contribution is -2.41. The molecule has 3 rings (SSSR count). The van der Waals surface area contributed by atoms with Crippen molar-refractivity contribution in [3.05, 3.63) is 58.7 Å². The minimum Gasteiger partial charge on any atom is -0.376 e. The molecule has 0 radical (unpaired) electrons. The zero-order chi connectivity index (χ0) is 17.1. The van der Waals surface area contributed by atoms with Crippen LogP contribution in [0.25, 0.3) is 11.0 Å². The number of para-hydroxylation sites is 1. The van der Waals surface area contributed by atoms with Gasteiger partial charge in [-0.05, 0) is 44.4 Å². The summed E-state index contributed by atoms with van der Waals surface area (Å²) in [5.74, 6) is 0. The van der Waals surface area contributed by atoms with Crippen LogP contribution in [0.5, 0.6) is 0 Å². The predicted octanol–water partition coefficient (Wildman–Crippen LogP) is 2.91. The fourth-order valence-electron chi connectivity index (χ4n) is 3.51. The molecule has 1 aliphatic rings. The third kappa shape index (κ3) is 3.31. The molecule has 24 heavy (non-hydrogen) atoms. The van der Waals surface area contributed by atoms with Crippen LogP contribution in [0, 0.1) is 6.92 Å². The zero-order valence-corrected chi connectivity index (χ0v) is 14.5. The van der Waals surface area contributed by atoms with E-state index < -0.39 is 0 Å². The van der Waals surface area contributed by atoms with Gasteiger partial charge in [0, 0.05) is 24.8 Å². The molecule has 2 N–H and O–H groups in total. The third-order valence-electron chi connectivity index (χ3n) is 4.81. The van der Waals surface area contributed by atoms with Crippen molar-refractivity contribution in [1.29, 1.82) is 0 Å². The van der Waals surface area contributed by atoms with Gasteiger partial charge in [-0.25, -0.2) is 4.79 Å². The molecular weight excluding hydrogens is 300 g/mol. The van der Waals surface area contributed by atoms with Gasteiger partial charge in [-0.2, -0.15) is 0 Å². The number of aryl methyl sites for hydroxylation is 1. The SMILES string of the molecule is C=C/C=C(\C)NCN1CCC(n2c(=O)[nH]c3cccc(C)c32)CC1. The van der Waals surface area contributed by atoms with E-state index in [-0.39, 0.29) is 11.7 Å². The Labute approximate surface area is 142 Å². The Balaban J connectivity index is 1.69. The van der Waals surface area contributed by atoms with Crippen molar-refractivity contribution >= 4 is 11.0 Å². The van der Waals surface area contributed by atoms with Gasteiger partial charge in [0.2, 0.25) is 0 Å². The summed E-state index contributed by atoms with van der Waals surface area (Å²) in [5, 5.41) is 3.39. The number of H-pyrrole nitrogens is 1. The minimum atomic E-state index is 0.0145. The summed E-state index contributed by atoms with van der Waals surface area (Å²) in [6, 6.07) is 6.31. The van der Waals surface area contributed by atoms with Crippen molar-refractivity contribution in [1.82, 2.24) is 19.8 Å². The van der Waals surface area contributed by atoms with E-state index in [9.17, 15) is 4.79 Å². The molecule has 0 saturated carbocycles. The number of hydrogen-bond acceptors (Lipinski definition) is 3. The highest BCUT2D eigenvalue weighted by atomic mass is 16.1. The third-order valence-corrected chi connectivity index (χ3v) is 4.81. The number of nitrogens with zero attached hydrogens (tertiary/aromatic N) is 2. The van der Waals surface area contributed by atoms with Gasteiger partial charge in [-0.15, -0.1) is 0 Å². The van der Waals surface area contributed by atoms with Crippen molar-refractivity contribution in [2.24, 2.45) is 0 Å². The van der Waals surface area contributed by atoms with Gasteiger partial charge >= 0.3 is 5.69 Å². The number of piperidine rings is 1. The van der Waals surface area contributed by atoms with E-state index in [4.69, 9.17) is 0 Å². The summed E-state index contributed by atoms with van der Waals surface area (Å²) in [6.07, 6.45) is 5.75. The summed E-state index contributed by atoms with van der Waals surface area (Å²) in [4.78, 5) is 17.8. The maximum absolute atomic E-state index is 12.4. The van der Waals surface area contributed by atoms with Gasteiger partial charge in [0.25, 0.3) is 0 Å². The highest BCUT2D eigenvalue weighted by Crippen LogP contribution is 2.26. The molecule has 1 aromatic carbocycles. The largest absolute Gasteiger partial charge is 0.376 e. The van der Waals surface area contributed by atoms with Crippen molar-refractivity contribution in [3.8, 4) is 0 Å². The van der Waals surface area contributed by atoms with Gasteiger partial charge < -0.3 is 10.3 Å². The van der Waals surface area contributed by atoms with Crippen molar-refractivity contribution in [2.45, 2.75) is 32.7 Å². The highest BCUT2D eigenvalue weighted by molar-refractivity contribution is 5.78. The molecule has 5 heteroatoms. The van der Waals surface area contributed by atoms with E-state index in [2.05, 4.69) is 34.8 Å². The second-order valence-electron chi connectivity index (χ2n) is 6.54. The van der Waals surface area contributed by atoms with Crippen LogP contribution in [0.15, 0.2) is 47.4 Å². The Kier molecular flexibility index (Phi) is 4.90. The molecule has 0 atom stereocenters. The van der Waals surface area contributed by atoms with Gasteiger partial charge in [-0.1, -0.05) is 24.8 Å². The molecule has 0 aliphatic carbocycles. The van der Waals surface area contributed by atoms with Crippen LogP contribution in [0.1, 0.15) is 31.4 Å². The van der Waals surface area contributed by atoms with Crippen LogP contribution in [-0.2, 0) is 0 Å². The Bertz CT molecular complexity index is 806. The van der Waals surface area contributed by atoms with Gasteiger partial charge in [0.15, 0.2) is 0 Å². The standard InChI is InChI=1S/C19H26N4O/c1-4-6-15(3)20-13-22-11-9-16(10-12-22)23-18-14(2)7-5-8-17(18)21-19(23)24/h4-8,16,20H,1,9-13H2,2-3H3,(H,21,24)/b15-6+. The van der Waals surface area contributed by atoms with E-state index in [1.54, 1.807) is 6.08 Å². The molecule has 2 heterocycles. The maximum Gasteiger partial charge on any atom is 0.326 e. The number of fused-ring (bicyclic) bond motifs is 1. The molecule has 0 amide bonds. The second kappa shape index (κ2) is 7.09. The number of rotatable bonds is 5. The fraction of sp³-hybridized carbons (Fsp3) is 0.421. The quantitative estimate of drug-likeness (QED) is 0.831. The molecule has 0 bridgehead atoms. The summed E-state index contributed by atoms with van der Waals surface area (Å²) in [6.45, 7) is 10.6. The molecule has 1 aromatic heterocycles. The number of imidazole rings is 1. The number of aromatic nitrogens is 2. The van der Waals surface area contributed by atoms with E-state index >= 15 is 0 Å². The lowest BCUT2D eigenvalue weighted by atomic mass is 10.0. The molecule has 1 fully saturated rings. The first-order valence-electron chi connectivity index (χ1n) is 8.55. The molecule has 0 unspecified atom stereocenters.